The van der Waals surface area contributed by atoms with Gasteiger partial charge in [0.25, 0.3) is 0 Å². The van der Waals surface area contributed by atoms with Gasteiger partial charge in [0.2, 0.25) is 0 Å². The number of aliphatic hydroxyl groups is 1. The molecule has 0 aliphatic carbocycles. The Balaban J connectivity index is 3.15. The highest BCUT2D eigenvalue weighted by Gasteiger charge is 2.13. The molecule has 0 unspecified atom stereocenters. The second-order valence-corrected chi connectivity index (χ2v) is 4.33. The molecular formula is C9H6Br2O4. The summed E-state index contributed by atoms with van der Waals surface area (Å²) < 4.78 is 5.92. The predicted octanol–water partition coefficient (Wildman–Crippen LogP) is 1.92. The minimum Gasteiger partial charge on any atom is -0.423 e. The molecule has 1 N–H and O–H groups in total. The van der Waals surface area contributed by atoms with Crippen molar-refractivity contribution < 1.29 is 19.4 Å². The van der Waals surface area contributed by atoms with Gasteiger partial charge in [0.15, 0.2) is 12.0 Å². The van der Waals surface area contributed by atoms with Crippen molar-refractivity contribution in [3.63, 3.8) is 0 Å². The second kappa shape index (κ2) is 5.39. The summed E-state index contributed by atoms with van der Waals surface area (Å²) in [5.41, 5.74) is 0.220. The number of aldehydes is 1. The van der Waals surface area contributed by atoms with E-state index >= 15 is 0 Å². The number of hydrogen-bond donors (Lipinski definition) is 1. The van der Waals surface area contributed by atoms with Gasteiger partial charge in [0, 0.05) is 4.47 Å². The van der Waals surface area contributed by atoms with Crippen LogP contribution in [-0.4, -0.2) is 24.0 Å². The zero-order chi connectivity index (χ0) is 11.4. The van der Waals surface area contributed by atoms with Crippen molar-refractivity contribution in [2.75, 3.05) is 6.61 Å². The number of ether oxygens (including phenoxy) is 1. The normalized spacial score (nSPS) is 9.80. The first-order chi connectivity index (χ1) is 7.08. The summed E-state index contributed by atoms with van der Waals surface area (Å²) >= 11 is 6.34. The number of carbonyl (C=O) groups excluding carboxylic acids is 2. The highest BCUT2D eigenvalue weighted by molar-refractivity contribution is 9.11. The molecule has 80 valence electrons. The number of carbonyl (C=O) groups is 2. The molecule has 0 spiro atoms. The topological polar surface area (TPSA) is 63.6 Å². The first-order valence-corrected chi connectivity index (χ1v) is 5.43. The van der Waals surface area contributed by atoms with Crippen LogP contribution in [0.25, 0.3) is 0 Å². The van der Waals surface area contributed by atoms with Crippen molar-refractivity contribution in [2.45, 2.75) is 0 Å². The Morgan fingerprint density at radius 3 is 2.67 bits per heavy atom. The summed E-state index contributed by atoms with van der Waals surface area (Å²) in [6.07, 6.45) is 0.565. The molecule has 0 radical (unpaired) electrons. The van der Waals surface area contributed by atoms with Gasteiger partial charge in [0.05, 0.1) is 10.0 Å². The van der Waals surface area contributed by atoms with Gasteiger partial charge in [-0.15, -0.1) is 0 Å². The monoisotopic (exact) mass is 336 g/mol. The van der Waals surface area contributed by atoms with Crippen molar-refractivity contribution in [3.05, 3.63) is 26.6 Å². The van der Waals surface area contributed by atoms with E-state index in [-0.39, 0.29) is 11.3 Å². The molecular weight excluding hydrogens is 332 g/mol. The highest BCUT2D eigenvalue weighted by Crippen LogP contribution is 2.31. The lowest BCUT2D eigenvalue weighted by molar-refractivity contribution is -0.137. The van der Waals surface area contributed by atoms with Crippen LogP contribution in [0.3, 0.4) is 0 Å². The maximum absolute atomic E-state index is 10.9. The smallest absolute Gasteiger partial charge is 0.337 e. The van der Waals surface area contributed by atoms with Crippen molar-refractivity contribution in [2.24, 2.45) is 0 Å². The molecule has 1 aromatic carbocycles. The summed E-state index contributed by atoms with van der Waals surface area (Å²) in [5.74, 6) is -0.714. The van der Waals surface area contributed by atoms with Crippen LogP contribution in [0.15, 0.2) is 21.1 Å². The number of aliphatic hydroxyl groups excluding tert-OH is 1. The molecule has 4 nitrogen and oxygen atoms in total. The SMILES string of the molecule is O=Cc1cc(Br)cc(Br)c1OC(=O)CO. The molecule has 0 bridgehead atoms. The minimum absolute atomic E-state index is 0.104. The Kier molecular flexibility index (Phi) is 4.44. The van der Waals surface area contributed by atoms with Gasteiger partial charge in [-0.3, -0.25) is 4.79 Å². The lowest BCUT2D eigenvalue weighted by Gasteiger charge is -2.08. The van der Waals surface area contributed by atoms with Crippen molar-refractivity contribution >= 4 is 44.1 Å². The Morgan fingerprint density at radius 1 is 1.47 bits per heavy atom. The molecule has 0 fully saturated rings. The molecule has 1 aromatic rings. The maximum atomic E-state index is 10.9. The largest absolute Gasteiger partial charge is 0.423 e. The standard InChI is InChI=1S/C9H6Br2O4/c10-6-1-5(3-12)9(7(11)2-6)15-8(14)4-13/h1-3,13H,4H2. The molecule has 0 atom stereocenters. The maximum Gasteiger partial charge on any atom is 0.337 e. The first-order valence-electron chi connectivity index (χ1n) is 3.84. The van der Waals surface area contributed by atoms with E-state index in [2.05, 4.69) is 31.9 Å². The molecule has 6 heteroatoms. The minimum atomic E-state index is -0.818. The zero-order valence-electron chi connectivity index (χ0n) is 7.37. The molecule has 0 aromatic heterocycles. The first kappa shape index (κ1) is 12.4. The average molecular weight is 338 g/mol. The zero-order valence-corrected chi connectivity index (χ0v) is 10.5. The van der Waals surface area contributed by atoms with E-state index in [1.165, 1.54) is 6.07 Å². The quantitative estimate of drug-likeness (QED) is 0.520. The third kappa shape index (κ3) is 3.12. The Hall–Kier alpha value is -0.720. The van der Waals surface area contributed by atoms with Crippen LogP contribution in [0.2, 0.25) is 0 Å². The van der Waals surface area contributed by atoms with E-state index in [1.807, 2.05) is 0 Å². The van der Waals surface area contributed by atoms with Crippen LogP contribution >= 0.6 is 31.9 Å². The molecule has 0 saturated carbocycles. The summed E-state index contributed by atoms with van der Waals surface area (Å²) in [6.45, 7) is -0.735. The molecule has 0 aliphatic rings. The summed E-state index contributed by atoms with van der Waals surface area (Å²) in [7, 11) is 0. The fourth-order valence-corrected chi connectivity index (χ4v) is 2.26. The second-order valence-electron chi connectivity index (χ2n) is 2.56. The fraction of sp³-hybridized carbons (Fsp3) is 0.111. The van der Waals surface area contributed by atoms with Gasteiger partial charge in [-0.2, -0.15) is 0 Å². The lowest BCUT2D eigenvalue weighted by Crippen LogP contribution is -2.13. The lowest BCUT2D eigenvalue weighted by atomic mass is 10.2. The van der Waals surface area contributed by atoms with Gasteiger partial charge in [0.1, 0.15) is 6.61 Å². The number of hydrogen-bond acceptors (Lipinski definition) is 4. The Bertz CT molecular complexity index is 403. The summed E-state index contributed by atoms with van der Waals surface area (Å²) in [5, 5.41) is 8.52. The van der Waals surface area contributed by atoms with Crippen molar-refractivity contribution in [1.82, 2.24) is 0 Å². The van der Waals surface area contributed by atoms with Crippen LogP contribution in [0.1, 0.15) is 10.4 Å². The van der Waals surface area contributed by atoms with Crippen molar-refractivity contribution in [3.8, 4) is 5.75 Å². The number of rotatable bonds is 3. The molecule has 0 amide bonds. The average Bonchev–Trinajstić information content (AvgIpc) is 2.21. The van der Waals surface area contributed by atoms with Crippen molar-refractivity contribution in [1.29, 1.82) is 0 Å². The molecule has 0 heterocycles. The fourth-order valence-electron chi connectivity index (χ4n) is 0.922. The van der Waals surface area contributed by atoms with E-state index < -0.39 is 12.6 Å². The van der Waals surface area contributed by atoms with Gasteiger partial charge in [-0.05, 0) is 28.1 Å². The number of benzene rings is 1. The van der Waals surface area contributed by atoms with Gasteiger partial charge < -0.3 is 9.84 Å². The van der Waals surface area contributed by atoms with Gasteiger partial charge in [-0.1, -0.05) is 15.9 Å². The number of halogens is 2. The Labute approximate surface area is 102 Å². The summed E-state index contributed by atoms with van der Waals surface area (Å²) in [6, 6.07) is 3.14. The Morgan fingerprint density at radius 2 is 2.13 bits per heavy atom. The van der Waals surface area contributed by atoms with Crippen LogP contribution in [-0.2, 0) is 4.79 Å². The number of esters is 1. The third-order valence-electron chi connectivity index (χ3n) is 1.51. The molecule has 1 rings (SSSR count). The van der Waals surface area contributed by atoms with Crippen LogP contribution in [0.5, 0.6) is 5.75 Å². The molecule has 15 heavy (non-hydrogen) atoms. The van der Waals surface area contributed by atoms with E-state index in [0.29, 0.717) is 15.2 Å². The van der Waals surface area contributed by atoms with E-state index in [0.717, 1.165) is 0 Å². The summed E-state index contributed by atoms with van der Waals surface area (Å²) in [4.78, 5) is 21.6. The predicted molar refractivity (Wildman–Crippen MR) is 60.0 cm³/mol. The highest BCUT2D eigenvalue weighted by atomic mass is 79.9. The molecule has 0 aliphatic heterocycles. The van der Waals surface area contributed by atoms with Crippen LogP contribution in [0, 0.1) is 0 Å². The molecule has 0 saturated heterocycles. The van der Waals surface area contributed by atoms with Gasteiger partial charge >= 0.3 is 5.97 Å². The third-order valence-corrected chi connectivity index (χ3v) is 2.56. The van der Waals surface area contributed by atoms with E-state index in [4.69, 9.17) is 9.84 Å². The van der Waals surface area contributed by atoms with Gasteiger partial charge in [-0.25, -0.2) is 4.79 Å². The van der Waals surface area contributed by atoms with E-state index in [1.54, 1.807) is 6.07 Å². The van der Waals surface area contributed by atoms with Crippen LogP contribution < -0.4 is 4.74 Å². The van der Waals surface area contributed by atoms with Crippen LogP contribution in [0.4, 0.5) is 0 Å². The van der Waals surface area contributed by atoms with E-state index in [9.17, 15) is 9.59 Å².